The molecule has 0 spiro atoms. The summed E-state index contributed by atoms with van der Waals surface area (Å²) >= 11 is 3.95. The van der Waals surface area contributed by atoms with E-state index >= 15 is 0 Å². The molecule has 0 aromatic carbocycles. The fourth-order valence-electron chi connectivity index (χ4n) is 1.59. The van der Waals surface area contributed by atoms with Crippen LogP contribution in [-0.2, 0) is 9.53 Å². The van der Waals surface area contributed by atoms with Crippen molar-refractivity contribution in [1.29, 1.82) is 0 Å². The van der Waals surface area contributed by atoms with Gasteiger partial charge in [-0.2, -0.15) is 12.6 Å². The molecule has 5 heteroatoms. The minimum Gasteiger partial charge on any atom is -0.465 e. The molecule has 0 aliphatic rings. The number of esters is 1. The third kappa shape index (κ3) is 12.5. The van der Waals surface area contributed by atoms with Gasteiger partial charge in [-0.1, -0.05) is 51.9 Å². The second-order valence-corrected chi connectivity index (χ2v) is 4.80. The summed E-state index contributed by atoms with van der Waals surface area (Å²) in [7, 11) is 0. The predicted molar refractivity (Wildman–Crippen MR) is 82.6 cm³/mol. The fourth-order valence-corrected chi connectivity index (χ4v) is 1.74. The van der Waals surface area contributed by atoms with Gasteiger partial charge in [0.15, 0.2) is 0 Å². The number of hydrogen-bond acceptors (Lipinski definition) is 4. The molecule has 0 heterocycles. The third-order valence-electron chi connectivity index (χ3n) is 2.74. The molecule has 0 saturated carbocycles. The molecular formula is C13H28ClNO2S. The molecule has 0 aromatic heterocycles. The van der Waals surface area contributed by atoms with Gasteiger partial charge in [0.25, 0.3) is 0 Å². The van der Waals surface area contributed by atoms with E-state index in [0.29, 0.717) is 12.4 Å². The summed E-state index contributed by atoms with van der Waals surface area (Å²) in [5.74, 6) is 0.0129. The summed E-state index contributed by atoms with van der Waals surface area (Å²) in [5, 5.41) is 0. The molecule has 0 amide bonds. The molecule has 3 nitrogen and oxygen atoms in total. The van der Waals surface area contributed by atoms with Gasteiger partial charge in [-0.05, 0) is 6.42 Å². The van der Waals surface area contributed by atoms with Crippen LogP contribution < -0.4 is 5.73 Å². The van der Waals surface area contributed by atoms with E-state index in [4.69, 9.17) is 10.5 Å². The van der Waals surface area contributed by atoms with Crippen LogP contribution in [0.25, 0.3) is 0 Å². The van der Waals surface area contributed by atoms with Crippen molar-refractivity contribution in [3.8, 4) is 0 Å². The molecule has 1 unspecified atom stereocenters. The van der Waals surface area contributed by atoms with Crippen LogP contribution in [0.2, 0.25) is 0 Å². The Morgan fingerprint density at radius 2 is 1.61 bits per heavy atom. The second-order valence-electron chi connectivity index (χ2n) is 4.43. The number of nitrogens with two attached hydrogens (primary N) is 1. The first kappa shape index (κ1) is 20.4. The van der Waals surface area contributed by atoms with E-state index in [9.17, 15) is 4.79 Å². The van der Waals surface area contributed by atoms with E-state index in [0.717, 1.165) is 12.8 Å². The summed E-state index contributed by atoms with van der Waals surface area (Å²) in [6.45, 7) is 2.72. The van der Waals surface area contributed by atoms with Crippen LogP contribution in [0, 0.1) is 0 Å². The SMILES string of the molecule is CCCCCCCCCCOC(=O)C(N)CS.Cl. The molecule has 2 N–H and O–H groups in total. The molecule has 0 bridgehead atoms. The van der Waals surface area contributed by atoms with Gasteiger partial charge in [0.1, 0.15) is 6.04 Å². The molecule has 0 aliphatic heterocycles. The zero-order chi connectivity index (χ0) is 12.9. The van der Waals surface area contributed by atoms with Gasteiger partial charge in [-0.25, -0.2) is 0 Å². The monoisotopic (exact) mass is 297 g/mol. The lowest BCUT2D eigenvalue weighted by molar-refractivity contribution is -0.144. The van der Waals surface area contributed by atoms with Gasteiger partial charge in [0.05, 0.1) is 6.61 Å². The number of unbranched alkanes of at least 4 members (excludes halogenated alkanes) is 7. The highest BCUT2D eigenvalue weighted by Crippen LogP contribution is 2.08. The smallest absolute Gasteiger partial charge is 0.323 e. The number of ether oxygens (including phenoxy) is 1. The highest BCUT2D eigenvalue weighted by Gasteiger charge is 2.11. The zero-order valence-electron chi connectivity index (χ0n) is 11.4. The molecular weight excluding hydrogens is 270 g/mol. The number of hydrogen-bond donors (Lipinski definition) is 2. The highest BCUT2D eigenvalue weighted by molar-refractivity contribution is 7.80. The summed E-state index contributed by atoms with van der Waals surface area (Å²) in [6, 6.07) is -0.577. The molecule has 110 valence electrons. The molecule has 0 aliphatic carbocycles. The maximum atomic E-state index is 11.2. The van der Waals surface area contributed by atoms with Crippen LogP contribution in [0.1, 0.15) is 58.3 Å². The largest absolute Gasteiger partial charge is 0.465 e. The van der Waals surface area contributed by atoms with Crippen molar-refractivity contribution in [3.05, 3.63) is 0 Å². The van der Waals surface area contributed by atoms with Crippen molar-refractivity contribution in [2.75, 3.05) is 12.4 Å². The first-order valence-corrected chi connectivity index (χ1v) is 7.38. The lowest BCUT2D eigenvalue weighted by Gasteiger charge is -2.08. The minimum atomic E-state index is -0.577. The first-order chi connectivity index (χ1) is 8.22. The van der Waals surface area contributed by atoms with E-state index in [1.165, 1.54) is 38.5 Å². The Balaban J connectivity index is 0. The van der Waals surface area contributed by atoms with Crippen molar-refractivity contribution >= 4 is 31.0 Å². The fraction of sp³-hybridized carbons (Fsp3) is 0.923. The van der Waals surface area contributed by atoms with Gasteiger partial charge in [-0.15, -0.1) is 12.4 Å². The molecule has 1 atom stereocenters. The van der Waals surface area contributed by atoms with Crippen molar-refractivity contribution in [1.82, 2.24) is 0 Å². The highest BCUT2D eigenvalue weighted by atomic mass is 35.5. The summed E-state index contributed by atoms with van der Waals surface area (Å²) in [5.41, 5.74) is 5.47. The van der Waals surface area contributed by atoms with Gasteiger partial charge in [-0.3, -0.25) is 4.79 Å². The third-order valence-corrected chi connectivity index (χ3v) is 3.14. The van der Waals surface area contributed by atoms with E-state index < -0.39 is 6.04 Å². The van der Waals surface area contributed by atoms with Crippen molar-refractivity contribution < 1.29 is 9.53 Å². The topological polar surface area (TPSA) is 52.3 Å². The zero-order valence-corrected chi connectivity index (χ0v) is 13.1. The molecule has 18 heavy (non-hydrogen) atoms. The van der Waals surface area contributed by atoms with Crippen molar-refractivity contribution in [2.24, 2.45) is 5.73 Å². The number of carbonyl (C=O) groups is 1. The summed E-state index contributed by atoms with van der Waals surface area (Å²) in [4.78, 5) is 11.2. The normalized spacial score (nSPS) is 11.7. The maximum Gasteiger partial charge on any atom is 0.323 e. The molecule has 0 aromatic rings. The number of thiol groups is 1. The second kappa shape index (κ2) is 15.1. The van der Waals surface area contributed by atoms with Crippen LogP contribution >= 0.6 is 25.0 Å². The Morgan fingerprint density at radius 1 is 1.11 bits per heavy atom. The lowest BCUT2D eigenvalue weighted by atomic mass is 10.1. The summed E-state index contributed by atoms with van der Waals surface area (Å²) < 4.78 is 5.03. The Labute approximate surface area is 123 Å². The number of rotatable bonds is 11. The van der Waals surface area contributed by atoms with Crippen molar-refractivity contribution in [3.63, 3.8) is 0 Å². The Bertz CT molecular complexity index is 194. The van der Waals surface area contributed by atoms with Gasteiger partial charge in [0.2, 0.25) is 0 Å². The molecule has 0 fully saturated rings. The average Bonchev–Trinajstić information content (AvgIpc) is 2.35. The van der Waals surface area contributed by atoms with E-state index in [-0.39, 0.29) is 18.4 Å². The van der Waals surface area contributed by atoms with E-state index in [1.807, 2.05) is 0 Å². The lowest BCUT2D eigenvalue weighted by Crippen LogP contribution is -2.34. The maximum absolute atomic E-state index is 11.2. The quantitative estimate of drug-likeness (QED) is 0.349. The van der Waals surface area contributed by atoms with Gasteiger partial charge >= 0.3 is 5.97 Å². The van der Waals surface area contributed by atoms with Crippen LogP contribution in [-0.4, -0.2) is 24.4 Å². The molecule has 0 radical (unpaired) electrons. The predicted octanol–water partition coefficient (Wildman–Crippen LogP) is 3.35. The first-order valence-electron chi connectivity index (χ1n) is 6.75. The van der Waals surface area contributed by atoms with E-state index in [2.05, 4.69) is 19.6 Å². The Morgan fingerprint density at radius 3 is 2.11 bits per heavy atom. The van der Waals surface area contributed by atoms with Crippen LogP contribution in [0.3, 0.4) is 0 Å². The minimum absolute atomic E-state index is 0. The van der Waals surface area contributed by atoms with Gasteiger partial charge < -0.3 is 10.5 Å². The van der Waals surface area contributed by atoms with Crippen LogP contribution in [0.15, 0.2) is 0 Å². The summed E-state index contributed by atoms with van der Waals surface area (Å²) in [6.07, 6.45) is 9.93. The standard InChI is InChI=1S/C13H27NO2S.ClH/c1-2-3-4-5-6-7-8-9-10-16-13(15)12(14)11-17;/h12,17H,2-11,14H2,1H3;1H. The Kier molecular flexibility index (Phi) is 17.1. The van der Waals surface area contributed by atoms with Crippen LogP contribution in [0.4, 0.5) is 0 Å². The van der Waals surface area contributed by atoms with Gasteiger partial charge in [0, 0.05) is 5.75 Å². The van der Waals surface area contributed by atoms with E-state index in [1.54, 1.807) is 0 Å². The molecule has 0 rings (SSSR count). The average molecular weight is 298 g/mol. The van der Waals surface area contributed by atoms with Crippen LogP contribution in [0.5, 0.6) is 0 Å². The Hall–Kier alpha value is 0.0700. The molecule has 0 saturated heterocycles. The number of carbonyl (C=O) groups excluding carboxylic acids is 1. The number of halogens is 1. The van der Waals surface area contributed by atoms with Crippen molar-refractivity contribution in [2.45, 2.75) is 64.3 Å².